The van der Waals surface area contributed by atoms with Crippen LogP contribution in [0.1, 0.15) is 25.3 Å². The van der Waals surface area contributed by atoms with Crippen LogP contribution >= 0.6 is 11.6 Å². The second-order valence-electron chi connectivity index (χ2n) is 10.3. The smallest absolute Gasteiger partial charge is 0.312 e. The Morgan fingerprint density at radius 3 is 2.62 bits per heavy atom. The number of amides is 2. The Kier molecular flexibility index (Phi) is 7.80. The van der Waals surface area contributed by atoms with Gasteiger partial charge in [0.2, 0.25) is 5.91 Å². The number of carbonyl (C=O) groups is 3. The van der Waals surface area contributed by atoms with Gasteiger partial charge in [-0.1, -0.05) is 48.0 Å². The molecule has 5 rings (SSSR count). The van der Waals surface area contributed by atoms with E-state index in [1.165, 1.54) is 4.90 Å². The second kappa shape index (κ2) is 11.1. The molecule has 0 aliphatic carbocycles. The number of aliphatic hydroxyl groups is 1. The molecule has 3 saturated heterocycles. The van der Waals surface area contributed by atoms with Crippen molar-refractivity contribution in [2.24, 2.45) is 11.8 Å². The van der Waals surface area contributed by atoms with E-state index >= 15 is 0 Å². The number of carbonyl (C=O) groups excluding carboxylic acids is 3. The van der Waals surface area contributed by atoms with Crippen molar-refractivity contribution in [3.63, 3.8) is 0 Å². The van der Waals surface area contributed by atoms with Crippen molar-refractivity contribution >= 4 is 35.1 Å². The zero-order valence-corrected chi connectivity index (χ0v) is 22.6. The van der Waals surface area contributed by atoms with Gasteiger partial charge in [0.25, 0.3) is 5.91 Å². The lowest BCUT2D eigenvalue weighted by Gasteiger charge is -2.39. The van der Waals surface area contributed by atoms with E-state index in [0.717, 1.165) is 5.56 Å². The normalized spacial score (nSPS) is 27.8. The highest BCUT2D eigenvalue weighted by Crippen LogP contribution is 2.59. The van der Waals surface area contributed by atoms with Gasteiger partial charge in [0.15, 0.2) is 0 Å². The largest absolute Gasteiger partial charge is 0.466 e. The summed E-state index contributed by atoms with van der Waals surface area (Å²) in [6.07, 6.45) is 2.44. The summed E-state index contributed by atoms with van der Waals surface area (Å²) < 4.78 is 11.8. The van der Waals surface area contributed by atoms with Crippen molar-refractivity contribution in [1.82, 2.24) is 4.90 Å². The molecule has 2 amide bonds. The van der Waals surface area contributed by atoms with Gasteiger partial charge in [-0.25, -0.2) is 0 Å². The molecule has 8 nitrogen and oxygen atoms in total. The summed E-state index contributed by atoms with van der Waals surface area (Å²) in [7, 11) is 0. The number of hydrogen-bond donors (Lipinski definition) is 1. The molecule has 6 atom stereocenters. The Bertz CT molecular complexity index is 1240. The number of halogens is 1. The van der Waals surface area contributed by atoms with Gasteiger partial charge >= 0.3 is 5.97 Å². The van der Waals surface area contributed by atoms with Crippen molar-refractivity contribution < 1.29 is 29.0 Å². The lowest BCUT2D eigenvalue weighted by Crippen LogP contribution is -2.59. The second-order valence-corrected chi connectivity index (χ2v) is 10.7. The van der Waals surface area contributed by atoms with Gasteiger partial charge in [-0.15, -0.1) is 6.58 Å². The predicted octanol–water partition coefficient (Wildman–Crippen LogP) is 3.40. The molecule has 3 aliphatic rings. The minimum absolute atomic E-state index is 0.180. The fourth-order valence-corrected chi connectivity index (χ4v) is 6.75. The maximum Gasteiger partial charge on any atom is 0.312 e. The van der Waals surface area contributed by atoms with Crippen molar-refractivity contribution in [3.8, 4) is 0 Å². The Balaban J connectivity index is 1.60. The lowest BCUT2D eigenvalue weighted by atomic mass is 9.70. The highest BCUT2D eigenvalue weighted by Gasteiger charge is 2.75. The number of fused-ring (bicyclic) bond motifs is 1. The zero-order valence-electron chi connectivity index (χ0n) is 21.9. The van der Waals surface area contributed by atoms with E-state index in [4.69, 9.17) is 21.1 Å². The molecule has 1 N–H and O–H groups in total. The first-order valence-corrected chi connectivity index (χ1v) is 13.7. The number of rotatable bonds is 10. The van der Waals surface area contributed by atoms with E-state index in [0.29, 0.717) is 30.0 Å². The quantitative estimate of drug-likeness (QED) is 0.358. The number of esters is 1. The van der Waals surface area contributed by atoms with E-state index < -0.39 is 41.6 Å². The van der Waals surface area contributed by atoms with E-state index in [1.807, 2.05) is 30.3 Å². The number of nitrogens with zero attached hydrogens (tertiary/aromatic N) is 2. The van der Waals surface area contributed by atoms with E-state index in [1.54, 1.807) is 42.2 Å². The van der Waals surface area contributed by atoms with E-state index in [-0.39, 0.29) is 31.6 Å². The minimum Gasteiger partial charge on any atom is -0.466 e. The summed E-state index contributed by atoms with van der Waals surface area (Å²) in [5, 5.41) is 11.1. The zero-order chi connectivity index (χ0) is 27.7. The minimum atomic E-state index is -1.20. The molecule has 2 aromatic carbocycles. The molecule has 206 valence electrons. The molecule has 0 saturated carbocycles. The Morgan fingerprint density at radius 2 is 1.97 bits per heavy atom. The Labute approximate surface area is 233 Å². The van der Waals surface area contributed by atoms with Gasteiger partial charge in [0, 0.05) is 17.3 Å². The summed E-state index contributed by atoms with van der Waals surface area (Å²) in [5.74, 6) is -2.88. The first-order valence-electron chi connectivity index (χ1n) is 13.4. The first kappa shape index (κ1) is 27.4. The van der Waals surface area contributed by atoms with Crippen LogP contribution in [0.5, 0.6) is 0 Å². The number of likely N-dealkylation sites (tertiary alicyclic amines) is 1. The maximum absolute atomic E-state index is 14.6. The highest BCUT2D eigenvalue weighted by atomic mass is 35.5. The molecule has 9 heteroatoms. The van der Waals surface area contributed by atoms with Crippen LogP contribution in [0.25, 0.3) is 0 Å². The molecule has 3 heterocycles. The maximum atomic E-state index is 14.6. The molecular formula is C30H33ClN2O6. The SMILES string of the molecule is C=CCN(C(=O)C1N([C@@H](CO)Cc2ccccc2)C(=O)[C@@H]2[C@@H](C(=O)OCC)[C@H]3CCC12O3)c1ccc(Cl)cc1. The van der Waals surface area contributed by atoms with Crippen molar-refractivity contribution in [1.29, 1.82) is 0 Å². The van der Waals surface area contributed by atoms with Crippen LogP contribution < -0.4 is 4.90 Å². The van der Waals surface area contributed by atoms with Gasteiger partial charge in [-0.05, 0) is 56.0 Å². The first-order chi connectivity index (χ1) is 18.9. The van der Waals surface area contributed by atoms with Gasteiger partial charge in [0.1, 0.15) is 11.6 Å². The number of hydrogen-bond acceptors (Lipinski definition) is 6. The summed E-state index contributed by atoms with van der Waals surface area (Å²) in [6, 6.07) is 14.6. The van der Waals surface area contributed by atoms with Gasteiger partial charge in [0.05, 0.1) is 37.2 Å². The molecule has 2 aromatic rings. The monoisotopic (exact) mass is 552 g/mol. The number of ether oxygens (including phenoxy) is 2. The van der Waals surface area contributed by atoms with Crippen molar-refractivity contribution in [3.05, 3.63) is 77.8 Å². The fourth-order valence-electron chi connectivity index (χ4n) is 6.63. The Morgan fingerprint density at radius 1 is 1.26 bits per heavy atom. The summed E-state index contributed by atoms with van der Waals surface area (Å²) >= 11 is 6.11. The molecular weight excluding hydrogens is 520 g/mol. The van der Waals surface area contributed by atoms with Crippen LogP contribution in [0, 0.1) is 11.8 Å². The summed E-state index contributed by atoms with van der Waals surface area (Å²) in [6.45, 7) is 5.56. The molecule has 0 aromatic heterocycles. The van der Waals surface area contributed by atoms with Gasteiger partial charge in [-0.2, -0.15) is 0 Å². The van der Waals surface area contributed by atoms with Crippen LogP contribution in [0.15, 0.2) is 67.3 Å². The average Bonchev–Trinajstić information content (AvgIpc) is 3.59. The lowest BCUT2D eigenvalue weighted by molar-refractivity contribution is -0.155. The molecule has 3 aliphatic heterocycles. The van der Waals surface area contributed by atoms with Crippen molar-refractivity contribution in [2.45, 2.75) is 50.0 Å². The van der Waals surface area contributed by atoms with Gasteiger partial charge in [-0.3, -0.25) is 14.4 Å². The van der Waals surface area contributed by atoms with Crippen molar-refractivity contribution in [2.75, 3.05) is 24.7 Å². The van der Waals surface area contributed by atoms with Crippen LogP contribution in [0.3, 0.4) is 0 Å². The van der Waals surface area contributed by atoms with E-state index in [9.17, 15) is 19.5 Å². The number of aliphatic hydroxyl groups excluding tert-OH is 1. The molecule has 2 unspecified atom stereocenters. The van der Waals surface area contributed by atoms with Crippen LogP contribution in [-0.4, -0.2) is 71.3 Å². The molecule has 2 bridgehead atoms. The predicted molar refractivity (Wildman–Crippen MR) is 146 cm³/mol. The summed E-state index contributed by atoms with van der Waals surface area (Å²) in [5.41, 5.74) is 0.305. The third kappa shape index (κ3) is 4.64. The van der Waals surface area contributed by atoms with E-state index in [2.05, 4.69) is 6.58 Å². The fraction of sp³-hybridized carbons (Fsp3) is 0.433. The molecule has 1 spiro atoms. The molecule has 0 radical (unpaired) electrons. The average molecular weight is 553 g/mol. The summed E-state index contributed by atoms with van der Waals surface area (Å²) in [4.78, 5) is 44.9. The van der Waals surface area contributed by atoms with Crippen LogP contribution in [0.2, 0.25) is 5.02 Å². The topological polar surface area (TPSA) is 96.4 Å². The highest BCUT2D eigenvalue weighted by molar-refractivity contribution is 6.30. The number of benzene rings is 2. The molecule has 39 heavy (non-hydrogen) atoms. The third-order valence-corrected chi connectivity index (χ3v) is 8.42. The Hall–Kier alpha value is -3.20. The molecule has 3 fully saturated rings. The van der Waals surface area contributed by atoms with Crippen LogP contribution in [0.4, 0.5) is 5.69 Å². The standard InChI is InChI=1S/C30H33ClN2O6/c1-3-16-32(21-12-10-20(31)11-13-21)28(36)26-30-15-14-23(39-30)24(29(37)38-4-2)25(30)27(35)33(26)22(18-34)17-19-8-6-5-7-9-19/h3,5-13,22-26,34H,1,4,14-18H2,2H3/t22-,23-,24+,25+,26?,30?/m1/s1. The third-order valence-electron chi connectivity index (χ3n) is 8.17. The van der Waals surface area contributed by atoms with Crippen LogP contribution in [-0.2, 0) is 30.3 Å². The number of anilines is 1. The van der Waals surface area contributed by atoms with Gasteiger partial charge < -0.3 is 24.4 Å².